The van der Waals surface area contributed by atoms with Crippen LogP contribution >= 0.6 is 11.8 Å². The summed E-state index contributed by atoms with van der Waals surface area (Å²) < 4.78 is 5.54. The Morgan fingerprint density at radius 1 is 1.45 bits per heavy atom. The number of thioether (sulfide) groups is 1. The minimum absolute atomic E-state index is 0.0350. The minimum atomic E-state index is -0.529. The second-order valence-corrected chi connectivity index (χ2v) is 7.18. The lowest BCUT2D eigenvalue weighted by Crippen LogP contribution is -2.42. The van der Waals surface area contributed by atoms with Gasteiger partial charge >= 0.3 is 6.09 Å². The largest absolute Gasteiger partial charge is 0.443 e. The molecule has 5 nitrogen and oxygen atoms in total. The summed E-state index contributed by atoms with van der Waals surface area (Å²) in [7, 11) is 0. The van der Waals surface area contributed by atoms with Crippen LogP contribution in [0.25, 0.3) is 0 Å². The molecule has 0 spiro atoms. The normalized spacial score (nSPS) is 12.8. The Labute approximate surface area is 137 Å². The second-order valence-electron chi connectivity index (χ2n) is 6.19. The maximum atomic E-state index is 12.6. The van der Waals surface area contributed by atoms with Gasteiger partial charge in [0.1, 0.15) is 5.60 Å². The van der Waals surface area contributed by atoms with E-state index in [0.717, 1.165) is 23.6 Å². The van der Waals surface area contributed by atoms with Gasteiger partial charge in [0.25, 0.3) is 0 Å². The number of nitrogens with zero attached hydrogens (tertiary/aromatic N) is 2. The molecule has 1 aromatic heterocycles. The summed E-state index contributed by atoms with van der Waals surface area (Å²) in [5.74, 6) is 0.981. The summed E-state index contributed by atoms with van der Waals surface area (Å²) >= 11 is 1.76. The summed E-state index contributed by atoms with van der Waals surface area (Å²) in [4.78, 5) is 18.5. The van der Waals surface area contributed by atoms with Gasteiger partial charge in [-0.05, 0) is 58.3 Å². The Hall–Kier alpha value is -1.27. The smallest absolute Gasteiger partial charge is 0.415 e. The van der Waals surface area contributed by atoms with Gasteiger partial charge in [-0.25, -0.2) is 4.79 Å². The van der Waals surface area contributed by atoms with Crippen LogP contribution in [-0.4, -0.2) is 34.7 Å². The van der Waals surface area contributed by atoms with Crippen LogP contribution in [0.1, 0.15) is 39.8 Å². The first-order chi connectivity index (χ1) is 10.3. The molecule has 0 radical (unpaired) electrons. The van der Waals surface area contributed by atoms with Gasteiger partial charge < -0.3 is 10.5 Å². The molecule has 1 atom stereocenters. The van der Waals surface area contributed by atoms with Crippen molar-refractivity contribution in [2.45, 2.75) is 52.3 Å². The van der Waals surface area contributed by atoms with E-state index in [1.54, 1.807) is 22.9 Å². The predicted molar refractivity (Wildman–Crippen MR) is 93.3 cm³/mol. The molecule has 0 saturated carbocycles. The van der Waals surface area contributed by atoms with Crippen LogP contribution in [0.4, 0.5) is 10.5 Å². The van der Waals surface area contributed by atoms with E-state index in [9.17, 15) is 4.79 Å². The van der Waals surface area contributed by atoms with E-state index in [0.29, 0.717) is 6.54 Å². The monoisotopic (exact) mass is 325 g/mol. The SMILES string of the molecule is CSCCC(C)N(C(=O)OC(C)(C)C)c1ccc(CN)nc1. The zero-order valence-electron chi connectivity index (χ0n) is 14.1. The molecule has 0 aliphatic rings. The van der Waals surface area contributed by atoms with Crippen molar-refractivity contribution < 1.29 is 9.53 Å². The van der Waals surface area contributed by atoms with E-state index in [-0.39, 0.29) is 12.1 Å². The van der Waals surface area contributed by atoms with Gasteiger partial charge in [-0.3, -0.25) is 9.88 Å². The van der Waals surface area contributed by atoms with E-state index >= 15 is 0 Å². The van der Waals surface area contributed by atoms with Crippen LogP contribution in [0.5, 0.6) is 0 Å². The summed E-state index contributed by atoms with van der Waals surface area (Å²) in [6.45, 7) is 8.01. The first-order valence-corrected chi connectivity index (χ1v) is 8.84. The molecule has 1 aromatic rings. The van der Waals surface area contributed by atoms with Crippen molar-refractivity contribution in [1.29, 1.82) is 0 Å². The third kappa shape index (κ3) is 5.85. The first kappa shape index (κ1) is 18.8. The fourth-order valence-corrected chi connectivity index (χ4v) is 2.53. The predicted octanol–water partition coefficient (Wildman–Crippen LogP) is 3.42. The summed E-state index contributed by atoms with van der Waals surface area (Å²) in [6, 6.07) is 3.75. The minimum Gasteiger partial charge on any atom is -0.443 e. The number of carbonyl (C=O) groups excluding carboxylic acids is 1. The highest BCUT2D eigenvalue weighted by molar-refractivity contribution is 7.98. The van der Waals surface area contributed by atoms with E-state index in [1.807, 2.05) is 39.8 Å². The van der Waals surface area contributed by atoms with Crippen LogP contribution < -0.4 is 10.6 Å². The van der Waals surface area contributed by atoms with E-state index in [4.69, 9.17) is 10.5 Å². The second kappa shape index (κ2) is 8.39. The third-order valence-electron chi connectivity index (χ3n) is 3.07. The number of aromatic nitrogens is 1. The zero-order valence-corrected chi connectivity index (χ0v) is 14.9. The van der Waals surface area contributed by atoms with E-state index in [1.165, 1.54) is 0 Å². The molecule has 0 aromatic carbocycles. The molecule has 22 heavy (non-hydrogen) atoms. The number of carbonyl (C=O) groups is 1. The van der Waals surface area contributed by atoms with E-state index < -0.39 is 5.60 Å². The molecule has 0 fully saturated rings. The Kier molecular flexibility index (Phi) is 7.16. The Bertz CT molecular complexity index is 471. The molecule has 0 aliphatic carbocycles. The van der Waals surface area contributed by atoms with Gasteiger partial charge in [-0.2, -0.15) is 11.8 Å². The summed E-state index contributed by atoms with van der Waals surface area (Å²) in [5, 5.41) is 0. The van der Waals surface area contributed by atoms with Crippen LogP contribution in [-0.2, 0) is 11.3 Å². The number of amides is 1. The van der Waals surface area contributed by atoms with Crippen molar-refractivity contribution in [3.63, 3.8) is 0 Å². The van der Waals surface area contributed by atoms with Crippen LogP contribution in [0.15, 0.2) is 18.3 Å². The molecule has 0 saturated heterocycles. The van der Waals surface area contributed by atoms with Crippen molar-refractivity contribution in [3.8, 4) is 0 Å². The highest BCUT2D eigenvalue weighted by atomic mass is 32.2. The summed E-state index contributed by atoms with van der Waals surface area (Å²) in [6.07, 6.45) is 4.28. The van der Waals surface area contributed by atoms with Crippen molar-refractivity contribution >= 4 is 23.5 Å². The molecule has 124 valence electrons. The lowest BCUT2D eigenvalue weighted by Gasteiger charge is -2.31. The fourth-order valence-electron chi connectivity index (χ4n) is 1.95. The third-order valence-corrected chi connectivity index (χ3v) is 3.71. The number of nitrogens with two attached hydrogens (primary N) is 1. The van der Waals surface area contributed by atoms with Gasteiger partial charge in [0.05, 0.1) is 17.6 Å². The molecule has 1 rings (SSSR count). The van der Waals surface area contributed by atoms with Crippen molar-refractivity contribution in [3.05, 3.63) is 24.0 Å². The lowest BCUT2D eigenvalue weighted by molar-refractivity contribution is 0.0567. The van der Waals surface area contributed by atoms with Crippen LogP contribution in [0, 0.1) is 0 Å². The Morgan fingerprint density at radius 2 is 2.14 bits per heavy atom. The molecule has 0 aliphatic heterocycles. The zero-order chi connectivity index (χ0) is 16.8. The molecular weight excluding hydrogens is 298 g/mol. The number of rotatable bonds is 6. The lowest BCUT2D eigenvalue weighted by atomic mass is 10.2. The quantitative estimate of drug-likeness (QED) is 0.868. The highest BCUT2D eigenvalue weighted by Crippen LogP contribution is 2.22. The molecule has 1 unspecified atom stereocenters. The first-order valence-electron chi connectivity index (χ1n) is 7.44. The van der Waals surface area contributed by atoms with Crippen LogP contribution in [0.3, 0.4) is 0 Å². The molecule has 6 heteroatoms. The van der Waals surface area contributed by atoms with Crippen molar-refractivity contribution in [2.75, 3.05) is 16.9 Å². The van der Waals surface area contributed by atoms with Crippen LogP contribution in [0.2, 0.25) is 0 Å². The molecule has 2 N–H and O–H groups in total. The average Bonchev–Trinajstić information content (AvgIpc) is 2.44. The molecular formula is C16H27N3O2S. The van der Waals surface area contributed by atoms with Crippen molar-refractivity contribution in [1.82, 2.24) is 4.98 Å². The highest BCUT2D eigenvalue weighted by Gasteiger charge is 2.27. The number of hydrogen-bond acceptors (Lipinski definition) is 5. The number of anilines is 1. The van der Waals surface area contributed by atoms with Gasteiger partial charge in [0.15, 0.2) is 0 Å². The van der Waals surface area contributed by atoms with Crippen molar-refractivity contribution in [2.24, 2.45) is 5.73 Å². The number of pyridine rings is 1. The molecule has 1 amide bonds. The summed E-state index contributed by atoms with van der Waals surface area (Å²) in [5.41, 5.74) is 6.58. The van der Waals surface area contributed by atoms with E-state index in [2.05, 4.69) is 11.2 Å². The van der Waals surface area contributed by atoms with Gasteiger partial charge in [0, 0.05) is 12.6 Å². The number of ether oxygens (including phenoxy) is 1. The molecule has 1 heterocycles. The maximum Gasteiger partial charge on any atom is 0.415 e. The Morgan fingerprint density at radius 3 is 2.59 bits per heavy atom. The Balaban J connectivity index is 3.00. The fraction of sp³-hybridized carbons (Fsp3) is 0.625. The van der Waals surface area contributed by atoms with Gasteiger partial charge in [-0.1, -0.05) is 0 Å². The van der Waals surface area contributed by atoms with Gasteiger partial charge in [-0.15, -0.1) is 0 Å². The average molecular weight is 325 g/mol. The molecule has 0 bridgehead atoms. The standard InChI is InChI=1S/C16H27N3O2S/c1-12(8-9-22-5)19(15(20)21-16(2,3)4)14-7-6-13(10-17)18-11-14/h6-7,11-12H,8-10,17H2,1-5H3. The number of hydrogen-bond donors (Lipinski definition) is 1. The van der Waals surface area contributed by atoms with Gasteiger partial charge in [0.2, 0.25) is 0 Å². The maximum absolute atomic E-state index is 12.6. The topological polar surface area (TPSA) is 68.5 Å².